The number of hydrogen-bond donors (Lipinski definition) is 2. The molecule has 0 spiro atoms. The van der Waals surface area contributed by atoms with Crippen molar-refractivity contribution in [3.05, 3.63) is 30.1 Å². The summed E-state index contributed by atoms with van der Waals surface area (Å²) >= 11 is 0. The van der Waals surface area contributed by atoms with Crippen molar-refractivity contribution < 1.29 is 0 Å². The Morgan fingerprint density at radius 3 is 2.57 bits per heavy atom. The van der Waals surface area contributed by atoms with Crippen molar-refractivity contribution >= 4 is 0 Å². The quantitative estimate of drug-likeness (QED) is 0.685. The zero-order valence-corrected chi connectivity index (χ0v) is 8.96. The molecule has 0 bridgehead atoms. The molecule has 0 aliphatic rings. The van der Waals surface area contributed by atoms with Gasteiger partial charge in [0, 0.05) is 24.5 Å². The van der Waals surface area contributed by atoms with Crippen molar-refractivity contribution in [3.8, 4) is 0 Å². The van der Waals surface area contributed by atoms with E-state index in [1.807, 2.05) is 38.4 Å². The molecule has 0 aliphatic carbocycles. The molecule has 0 fully saturated rings. The lowest BCUT2D eigenvalue weighted by atomic mass is 10.1. The highest BCUT2D eigenvalue weighted by Gasteiger charge is 2.08. The molecule has 1 heterocycles. The number of rotatable bonds is 5. The second-order valence-corrected chi connectivity index (χ2v) is 4.27. The lowest BCUT2D eigenvalue weighted by molar-refractivity contribution is 0.469. The second kappa shape index (κ2) is 5.08. The van der Waals surface area contributed by atoms with Gasteiger partial charge in [-0.3, -0.25) is 4.98 Å². The fourth-order valence-corrected chi connectivity index (χ4v) is 1.19. The van der Waals surface area contributed by atoms with Crippen LogP contribution in [0, 0.1) is 0 Å². The van der Waals surface area contributed by atoms with Crippen molar-refractivity contribution in [2.24, 2.45) is 5.73 Å². The van der Waals surface area contributed by atoms with Crippen LogP contribution in [0.5, 0.6) is 0 Å². The summed E-state index contributed by atoms with van der Waals surface area (Å²) in [5.74, 6) is 0. The van der Waals surface area contributed by atoms with Gasteiger partial charge in [-0.15, -0.1) is 0 Å². The SMILES string of the molecule is CC(C)(N)CNCCc1ccncc1. The zero-order valence-electron chi connectivity index (χ0n) is 8.96. The van der Waals surface area contributed by atoms with Gasteiger partial charge in [-0.2, -0.15) is 0 Å². The molecule has 0 aromatic carbocycles. The smallest absolute Gasteiger partial charge is 0.0270 e. The number of nitrogens with one attached hydrogen (secondary N) is 1. The molecule has 0 radical (unpaired) electrons. The van der Waals surface area contributed by atoms with Gasteiger partial charge < -0.3 is 11.1 Å². The molecule has 1 rings (SSSR count). The Balaban J connectivity index is 2.17. The molecule has 0 aliphatic heterocycles. The van der Waals surface area contributed by atoms with E-state index in [0.29, 0.717) is 0 Å². The minimum Gasteiger partial charge on any atom is -0.324 e. The molecular formula is C11H19N3. The third kappa shape index (κ3) is 4.94. The number of nitrogens with two attached hydrogens (primary N) is 1. The lowest BCUT2D eigenvalue weighted by Gasteiger charge is -2.18. The summed E-state index contributed by atoms with van der Waals surface area (Å²) in [5.41, 5.74) is 7.02. The van der Waals surface area contributed by atoms with Crippen molar-refractivity contribution in [1.82, 2.24) is 10.3 Å². The molecule has 3 heteroatoms. The number of aromatic nitrogens is 1. The Morgan fingerprint density at radius 1 is 1.36 bits per heavy atom. The normalized spacial score (nSPS) is 11.6. The third-order valence-corrected chi connectivity index (χ3v) is 1.92. The van der Waals surface area contributed by atoms with E-state index in [0.717, 1.165) is 19.5 Å². The standard InChI is InChI=1S/C11H19N3/c1-11(2,12)9-14-8-5-10-3-6-13-7-4-10/h3-4,6-7,14H,5,8-9,12H2,1-2H3. The van der Waals surface area contributed by atoms with E-state index in [4.69, 9.17) is 5.73 Å². The van der Waals surface area contributed by atoms with Gasteiger partial charge >= 0.3 is 0 Å². The minimum atomic E-state index is -0.127. The van der Waals surface area contributed by atoms with Crippen LogP contribution < -0.4 is 11.1 Å². The van der Waals surface area contributed by atoms with Crippen LogP contribution in [-0.4, -0.2) is 23.6 Å². The highest BCUT2D eigenvalue weighted by atomic mass is 14.9. The maximum absolute atomic E-state index is 5.84. The summed E-state index contributed by atoms with van der Waals surface area (Å²) in [6.45, 7) is 5.85. The molecule has 0 saturated heterocycles. The first-order chi connectivity index (χ1) is 6.58. The van der Waals surface area contributed by atoms with Crippen molar-refractivity contribution in [1.29, 1.82) is 0 Å². The third-order valence-electron chi connectivity index (χ3n) is 1.92. The highest BCUT2D eigenvalue weighted by Crippen LogP contribution is 1.97. The van der Waals surface area contributed by atoms with E-state index >= 15 is 0 Å². The fraction of sp³-hybridized carbons (Fsp3) is 0.545. The van der Waals surface area contributed by atoms with Gasteiger partial charge in [0.1, 0.15) is 0 Å². The van der Waals surface area contributed by atoms with Gasteiger partial charge in [0.2, 0.25) is 0 Å². The summed E-state index contributed by atoms with van der Waals surface area (Å²) in [7, 11) is 0. The first kappa shape index (κ1) is 11.1. The number of hydrogen-bond acceptors (Lipinski definition) is 3. The molecule has 1 aromatic rings. The van der Waals surface area contributed by atoms with Gasteiger partial charge in [0.25, 0.3) is 0 Å². The van der Waals surface area contributed by atoms with Gasteiger partial charge in [-0.05, 0) is 44.5 Å². The summed E-state index contributed by atoms with van der Waals surface area (Å²) < 4.78 is 0. The van der Waals surface area contributed by atoms with Crippen LogP contribution in [0.25, 0.3) is 0 Å². The predicted octanol–water partition coefficient (Wildman–Crippen LogP) is 0.951. The van der Waals surface area contributed by atoms with Gasteiger partial charge in [-0.1, -0.05) is 0 Å². The van der Waals surface area contributed by atoms with Crippen LogP contribution in [0.2, 0.25) is 0 Å². The van der Waals surface area contributed by atoms with Crippen LogP contribution in [0.1, 0.15) is 19.4 Å². The average Bonchev–Trinajstić information content (AvgIpc) is 2.13. The molecule has 3 nitrogen and oxygen atoms in total. The number of pyridine rings is 1. The predicted molar refractivity (Wildman–Crippen MR) is 59.1 cm³/mol. The monoisotopic (exact) mass is 193 g/mol. The van der Waals surface area contributed by atoms with Crippen LogP contribution in [0.3, 0.4) is 0 Å². The van der Waals surface area contributed by atoms with Gasteiger partial charge in [-0.25, -0.2) is 0 Å². The Morgan fingerprint density at radius 2 is 2.00 bits per heavy atom. The molecule has 0 amide bonds. The van der Waals surface area contributed by atoms with E-state index in [1.54, 1.807) is 0 Å². The molecule has 14 heavy (non-hydrogen) atoms. The summed E-state index contributed by atoms with van der Waals surface area (Å²) in [4.78, 5) is 3.97. The lowest BCUT2D eigenvalue weighted by Crippen LogP contribution is -2.43. The molecule has 0 saturated carbocycles. The molecular weight excluding hydrogens is 174 g/mol. The minimum absolute atomic E-state index is 0.127. The first-order valence-electron chi connectivity index (χ1n) is 4.96. The Kier molecular flexibility index (Phi) is 4.04. The maximum atomic E-state index is 5.84. The first-order valence-corrected chi connectivity index (χ1v) is 4.96. The van der Waals surface area contributed by atoms with Crippen LogP contribution in [0.4, 0.5) is 0 Å². The maximum Gasteiger partial charge on any atom is 0.0270 e. The van der Waals surface area contributed by atoms with Crippen molar-refractivity contribution in [3.63, 3.8) is 0 Å². The van der Waals surface area contributed by atoms with Crippen LogP contribution in [-0.2, 0) is 6.42 Å². The van der Waals surface area contributed by atoms with E-state index in [9.17, 15) is 0 Å². The topological polar surface area (TPSA) is 50.9 Å². The van der Waals surface area contributed by atoms with Crippen molar-refractivity contribution in [2.75, 3.05) is 13.1 Å². The summed E-state index contributed by atoms with van der Waals surface area (Å²) in [6.07, 6.45) is 4.67. The average molecular weight is 193 g/mol. The Bertz CT molecular complexity index is 251. The zero-order chi connectivity index (χ0) is 10.4. The number of nitrogens with zero attached hydrogens (tertiary/aromatic N) is 1. The van der Waals surface area contributed by atoms with Gasteiger partial charge in [0.05, 0.1) is 0 Å². The molecule has 3 N–H and O–H groups in total. The largest absolute Gasteiger partial charge is 0.324 e. The van der Waals surface area contributed by atoms with Crippen molar-refractivity contribution in [2.45, 2.75) is 25.8 Å². The summed E-state index contributed by atoms with van der Waals surface area (Å²) in [6, 6.07) is 4.07. The van der Waals surface area contributed by atoms with Crippen LogP contribution in [0.15, 0.2) is 24.5 Å². The molecule has 1 aromatic heterocycles. The van der Waals surface area contributed by atoms with E-state index in [1.165, 1.54) is 5.56 Å². The Labute approximate surface area is 85.7 Å². The molecule has 78 valence electrons. The summed E-state index contributed by atoms with van der Waals surface area (Å²) in [5, 5.41) is 3.33. The second-order valence-electron chi connectivity index (χ2n) is 4.27. The molecule has 0 unspecified atom stereocenters. The van der Waals surface area contributed by atoms with E-state index in [-0.39, 0.29) is 5.54 Å². The van der Waals surface area contributed by atoms with E-state index < -0.39 is 0 Å². The van der Waals surface area contributed by atoms with E-state index in [2.05, 4.69) is 10.3 Å². The molecule has 0 atom stereocenters. The van der Waals surface area contributed by atoms with Crippen LogP contribution >= 0.6 is 0 Å². The Hall–Kier alpha value is -0.930. The fourth-order valence-electron chi connectivity index (χ4n) is 1.19. The van der Waals surface area contributed by atoms with Gasteiger partial charge in [0.15, 0.2) is 0 Å². The highest BCUT2D eigenvalue weighted by molar-refractivity contribution is 5.09.